The number of thiazole rings is 1. The number of carboxylic acids is 1. The average molecular weight is 291 g/mol. The van der Waals surface area contributed by atoms with Gasteiger partial charge < -0.3 is 5.11 Å². The zero-order chi connectivity index (χ0) is 14.7. The Hall–Kier alpha value is -1.82. The first-order valence-corrected chi connectivity index (χ1v) is 7.29. The Kier molecular flexibility index (Phi) is 4.44. The molecule has 5 nitrogen and oxygen atoms in total. The van der Waals surface area contributed by atoms with Crippen molar-refractivity contribution in [3.05, 3.63) is 38.9 Å². The third kappa shape index (κ3) is 3.60. The summed E-state index contributed by atoms with van der Waals surface area (Å²) in [5.74, 6) is -0.0600. The van der Waals surface area contributed by atoms with Gasteiger partial charge in [-0.1, -0.05) is 0 Å². The summed E-state index contributed by atoms with van der Waals surface area (Å²) >= 11 is 1.61. The van der Waals surface area contributed by atoms with Crippen molar-refractivity contribution in [2.24, 2.45) is 0 Å². The fourth-order valence-electron chi connectivity index (χ4n) is 2.13. The van der Waals surface area contributed by atoms with Crippen LogP contribution in [-0.2, 0) is 17.6 Å². The van der Waals surface area contributed by atoms with Gasteiger partial charge in [0, 0.05) is 23.2 Å². The monoisotopic (exact) mass is 291 g/mol. The summed E-state index contributed by atoms with van der Waals surface area (Å²) in [6, 6.07) is 0. The van der Waals surface area contributed by atoms with E-state index in [-0.39, 0.29) is 6.42 Å². The van der Waals surface area contributed by atoms with E-state index in [4.69, 9.17) is 5.11 Å². The van der Waals surface area contributed by atoms with Crippen LogP contribution in [-0.4, -0.2) is 26.0 Å². The lowest BCUT2D eigenvalue weighted by Crippen LogP contribution is -2.08. The number of aryl methyl sites for hydroxylation is 3. The molecular formula is C14H17N3O2S. The van der Waals surface area contributed by atoms with Crippen molar-refractivity contribution >= 4 is 17.3 Å². The summed E-state index contributed by atoms with van der Waals surface area (Å²) in [4.78, 5) is 24.0. The lowest BCUT2D eigenvalue weighted by Gasteiger charge is -2.09. The maximum Gasteiger partial charge on any atom is 0.303 e. The molecule has 1 N–H and O–H groups in total. The minimum Gasteiger partial charge on any atom is -0.481 e. The fourth-order valence-corrected chi connectivity index (χ4v) is 2.75. The van der Waals surface area contributed by atoms with E-state index >= 15 is 0 Å². The van der Waals surface area contributed by atoms with Crippen LogP contribution >= 0.6 is 11.3 Å². The number of rotatable bonds is 5. The van der Waals surface area contributed by atoms with E-state index in [2.05, 4.69) is 15.0 Å². The van der Waals surface area contributed by atoms with Gasteiger partial charge in [0.25, 0.3) is 0 Å². The van der Waals surface area contributed by atoms with Gasteiger partial charge in [0.1, 0.15) is 5.82 Å². The second-order valence-corrected chi connectivity index (χ2v) is 5.78. The molecule has 0 aliphatic rings. The lowest BCUT2D eigenvalue weighted by atomic mass is 10.1. The smallest absolute Gasteiger partial charge is 0.303 e. The summed E-state index contributed by atoms with van der Waals surface area (Å²) in [5, 5.41) is 11.8. The van der Waals surface area contributed by atoms with Gasteiger partial charge in [0.15, 0.2) is 0 Å². The van der Waals surface area contributed by atoms with E-state index in [0.29, 0.717) is 12.8 Å². The van der Waals surface area contributed by atoms with Crippen LogP contribution in [0.4, 0.5) is 0 Å². The number of carbonyl (C=O) groups is 1. The minimum absolute atomic E-state index is 0.107. The lowest BCUT2D eigenvalue weighted by molar-refractivity contribution is -0.136. The van der Waals surface area contributed by atoms with Crippen LogP contribution in [0.1, 0.15) is 39.9 Å². The zero-order valence-corrected chi connectivity index (χ0v) is 12.6. The van der Waals surface area contributed by atoms with Crippen LogP contribution in [0.2, 0.25) is 0 Å². The Labute approximate surface area is 121 Å². The Morgan fingerprint density at radius 1 is 1.20 bits per heavy atom. The second kappa shape index (κ2) is 6.09. The molecule has 0 aliphatic carbocycles. The normalized spacial score (nSPS) is 10.8. The highest BCUT2D eigenvalue weighted by molar-refractivity contribution is 7.09. The molecule has 0 spiro atoms. The summed E-state index contributed by atoms with van der Waals surface area (Å²) < 4.78 is 0. The molecular weight excluding hydrogens is 274 g/mol. The van der Waals surface area contributed by atoms with E-state index in [1.54, 1.807) is 11.3 Å². The standard InChI is InChI=1S/C14H17N3O2S/c1-8-12(4-5-14(18)19)9(2)16-13(15-8)6-11-7-20-10(3)17-11/h7H,4-6H2,1-3H3,(H,18,19). The number of carboxylic acid groups (broad SMARTS) is 1. The zero-order valence-electron chi connectivity index (χ0n) is 11.8. The first kappa shape index (κ1) is 14.6. The third-order valence-electron chi connectivity index (χ3n) is 3.06. The topological polar surface area (TPSA) is 76.0 Å². The average Bonchev–Trinajstić information content (AvgIpc) is 2.73. The molecule has 0 amide bonds. The predicted octanol–water partition coefficient (Wildman–Crippen LogP) is 2.47. The molecule has 0 unspecified atom stereocenters. The summed E-state index contributed by atoms with van der Waals surface area (Å²) in [7, 11) is 0. The van der Waals surface area contributed by atoms with Crippen molar-refractivity contribution in [1.82, 2.24) is 15.0 Å². The Bertz CT molecular complexity index is 614. The maximum absolute atomic E-state index is 10.7. The third-order valence-corrected chi connectivity index (χ3v) is 3.88. The molecule has 0 bridgehead atoms. The molecule has 2 heterocycles. The highest BCUT2D eigenvalue weighted by atomic mass is 32.1. The van der Waals surface area contributed by atoms with Crippen LogP contribution in [0.25, 0.3) is 0 Å². The Balaban J connectivity index is 2.18. The number of hydrogen-bond donors (Lipinski definition) is 1. The number of hydrogen-bond acceptors (Lipinski definition) is 5. The van der Waals surface area contributed by atoms with Crippen molar-refractivity contribution in [2.75, 3.05) is 0 Å². The molecule has 0 saturated carbocycles. The van der Waals surface area contributed by atoms with Crippen molar-refractivity contribution in [3.63, 3.8) is 0 Å². The number of aliphatic carboxylic acids is 1. The van der Waals surface area contributed by atoms with Crippen LogP contribution in [0.5, 0.6) is 0 Å². The molecule has 2 aromatic rings. The molecule has 0 radical (unpaired) electrons. The predicted molar refractivity (Wildman–Crippen MR) is 77.1 cm³/mol. The largest absolute Gasteiger partial charge is 0.481 e. The first-order chi connectivity index (χ1) is 9.45. The van der Waals surface area contributed by atoms with Gasteiger partial charge in [0.2, 0.25) is 0 Å². The van der Waals surface area contributed by atoms with Crippen LogP contribution in [0.15, 0.2) is 5.38 Å². The summed E-state index contributed by atoms with van der Waals surface area (Å²) in [6.45, 7) is 5.78. The van der Waals surface area contributed by atoms with Crippen molar-refractivity contribution in [2.45, 2.75) is 40.0 Å². The van der Waals surface area contributed by atoms with Gasteiger partial charge in [0.05, 0.1) is 17.1 Å². The molecule has 2 rings (SSSR count). The number of nitrogens with zero attached hydrogens (tertiary/aromatic N) is 3. The minimum atomic E-state index is -0.800. The molecule has 2 aromatic heterocycles. The van der Waals surface area contributed by atoms with Gasteiger partial charge in [-0.2, -0.15) is 0 Å². The molecule has 20 heavy (non-hydrogen) atoms. The second-order valence-electron chi connectivity index (χ2n) is 4.72. The van der Waals surface area contributed by atoms with Crippen LogP contribution in [0, 0.1) is 20.8 Å². The number of aromatic nitrogens is 3. The maximum atomic E-state index is 10.7. The molecule has 0 atom stereocenters. The van der Waals surface area contributed by atoms with Crippen LogP contribution in [0.3, 0.4) is 0 Å². The molecule has 0 aliphatic heterocycles. The van der Waals surface area contributed by atoms with E-state index in [9.17, 15) is 4.79 Å². The van der Waals surface area contributed by atoms with Gasteiger partial charge in [-0.3, -0.25) is 4.79 Å². The van der Waals surface area contributed by atoms with E-state index in [1.807, 2.05) is 26.2 Å². The van der Waals surface area contributed by atoms with E-state index in [0.717, 1.165) is 33.5 Å². The highest BCUT2D eigenvalue weighted by Crippen LogP contribution is 2.16. The first-order valence-electron chi connectivity index (χ1n) is 6.41. The van der Waals surface area contributed by atoms with Crippen LogP contribution < -0.4 is 0 Å². The molecule has 0 saturated heterocycles. The Morgan fingerprint density at radius 2 is 1.85 bits per heavy atom. The van der Waals surface area contributed by atoms with E-state index in [1.165, 1.54) is 0 Å². The summed E-state index contributed by atoms with van der Waals surface area (Å²) in [5.41, 5.74) is 3.64. The van der Waals surface area contributed by atoms with Crippen molar-refractivity contribution in [3.8, 4) is 0 Å². The summed E-state index contributed by atoms with van der Waals surface area (Å²) in [6.07, 6.45) is 1.20. The van der Waals surface area contributed by atoms with Gasteiger partial charge in [-0.25, -0.2) is 15.0 Å². The fraction of sp³-hybridized carbons (Fsp3) is 0.429. The molecule has 0 aromatic carbocycles. The van der Waals surface area contributed by atoms with Crippen molar-refractivity contribution < 1.29 is 9.90 Å². The van der Waals surface area contributed by atoms with E-state index < -0.39 is 5.97 Å². The Morgan fingerprint density at radius 3 is 2.35 bits per heavy atom. The SMILES string of the molecule is Cc1nc(Cc2nc(C)c(CCC(=O)O)c(C)n2)cs1. The van der Waals surface area contributed by atoms with Crippen molar-refractivity contribution in [1.29, 1.82) is 0 Å². The van der Waals surface area contributed by atoms with Gasteiger partial charge in [-0.05, 0) is 32.8 Å². The highest BCUT2D eigenvalue weighted by Gasteiger charge is 2.11. The molecule has 0 fully saturated rings. The molecule has 6 heteroatoms. The van der Waals surface area contributed by atoms with Gasteiger partial charge >= 0.3 is 5.97 Å². The molecule has 106 valence electrons. The quantitative estimate of drug-likeness (QED) is 0.915. The van der Waals surface area contributed by atoms with Gasteiger partial charge in [-0.15, -0.1) is 11.3 Å².